The largest absolute Gasteiger partial charge is 0.457 e. The van der Waals surface area contributed by atoms with Crippen LogP contribution in [0.5, 0.6) is 11.5 Å². The number of hydrogen-bond donors (Lipinski definition) is 1. The van der Waals surface area contributed by atoms with Crippen LogP contribution in [0.2, 0.25) is 0 Å². The number of thioether (sulfide) groups is 1. The van der Waals surface area contributed by atoms with Gasteiger partial charge in [0.1, 0.15) is 11.5 Å². The number of aryl methyl sites for hydroxylation is 1. The molecule has 1 amide bonds. The van der Waals surface area contributed by atoms with Gasteiger partial charge < -0.3 is 4.74 Å². The first-order valence-corrected chi connectivity index (χ1v) is 12.8. The molecule has 0 aliphatic carbocycles. The molecular weight excluding hydrogens is 496 g/mol. The molecule has 5 aromatic rings. The summed E-state index contributed by atoms with van der Waals surface area (Å²) in [6.45, 7) is 2.03. The third-order valence-corrected chi connectivity index (χ3v) is 6.37. The zero-order valence-corrected chi connectivity index (χ0v) is 21.4. The van der Waals surface area contributed by atoms with E-state index in [0.717, 1.165) is 28.1 Å². The van der Waals surface area contributed by atoms with Crippen LogP contribution in [0.25, 0.3) is 17.1 Å². The van der Waals surface area contributed by atoms with Gasteiger partial charge in [0.05, 0.1) is 12.0 Å². The van der Waals surface area contributed by atoms with Gasteiger partial charge in [-0.1, -0.05) is 59.8 Å². The minimum absolute atomic E-state index is 0.120. The smallest absolute Gasteiger partial charge is 0.250 e. The Morgan fingerprint density at radius 2 is 1.71 bits per heavy atom. The Morgan fingerprint density at radius 3 is 2.50 bits per heavy atom. The molecule has 0 spiro atoms. The van der Waals surface area contributed by atoms with Crippen molar-refractivity contribution in [1.29, 1.82) is 0 Å². The number of ether oxygens (including phenoxy) is 1. The molecule has 0 fully saturated rings. The molecule has 2 heterocycles. The highest BCUT2D eigenvalue weighted by molar-refractivity contribution is 7.99. The first-order chi connectivity index (χ1) is 18.7. The highest BCUT2D eigenvalue weighted by Gasteiger charge is 2.17. The topological polar surface area (TPSA) is 94.3 Å². The molecule has 5 rings (SSSR count). The Bertz CT molecular complexity index is 1540. The number of rotatable bonds is 9. The summed E-state index contributed by atoms with van der Waals surface area (Å²) in [5.41, 5.74) is 6.32. The van der Waals surface area contributed by atoms with Gasteiger partial charge in [0, 0.05) is 23.6 Å². The molecular formula is C29H24N6O2S. The maximum absolute atomic E-state index is 12.5. The molecule has 0 bridgehead atoms. The number of hydrazone groups is 1. The van der Waals surface area contributed by atoms with E-state index in [9.17, 15) is 4.79 Å². The van der Waals surface area contributed by atoms with Gasteiger partial charge >= 0.3 is 0 Å². The van der Waals surface area contributed by atoms with Crippen LogP contribution in [0.15, 0.2) is 114 Å². The summed E-state index contributed by atoms with van der Waals surface area (Å²) in [4.78, 5) is 16.6. The van der Waals surface area contributed by atoms with Crippen LogP contribution in [0.3, 0.4) is 0 Å². The number of nitrogens with zero attached hydrogens (tertiary/aromatic N) is 5. The highest BCUT2D eigenvalue weighted by Crippen LogP contribution is 2.28. The van der Waals surface area contributed by atoms with Crippen molar-refractivity contribution >= 4 is 23.9 Å². The molecule has 0 saturated carbocycles. The van der Waals surface area contributed by atoms with E-state index in [1.54, 1.807) is 18.6 Å². The average molecular weight is 521 g/mol. The molecule has 0 atom stereocenters. The highest BCUT2D eigenvalue weighted by atomic mass is 32.2. The van der Waals surface area contributed by atoms with Gasteiger partial charge in [0.2, 0.25) is 0 Å². The van der Waals surface area contributed by atoms with Gasteiger partial charge in [0.25, 0.3) is 5.91 Å². The van der Waals surface area contributed by atoms with E-state index >= 15 is 0 Å². The number of aromatic nitrogens is 4. The number of carbonyl (C=O) groups is 1. The van der Waals surface area contributed by atoms with Crippen LogP contribution in [0.1, 0.15) is 11.1 Å². The average Bonchev–Trinajstić information content (AvgIpc) is 3.38. The number of para-hydroxylation sites is 1. The number of amides is 1. The van der Waals surface area contributed by atoms with Crippen LogP contribution in [0, 0.1) is 6.92 Å². The lowest BCUT2D eigenvalue weighted by Gasteiger charge is -2.10. The van der Waals surface area contributed by atoms with Crippen molar-refractivity contribution in [3.63, 3.8) is 0 Å². The molecule has 0 unspecified atom stereocenters. The monoisotopic (exact) mass is 520 g/mol. The fourth-order valence-electron chi connectivity index (χ4n) is 3.60. The number of carbonyl (C=O) groups excluding carboxylic acids is 1. The van der Waals surface area contributed by atoms with Gasteiger partial charge in [0.15, 0.2) is 11.0 Å². The van der Waals surface area contributed by atoms with Crippen molar-refractivity contribution in [3.05, 3.63) is 115 Å². The lowest BCUT2D eigenvalue weighted by atomic mass is 10.2. The van der Waals surface area contributed by atoms with E-state index < -0.39 is 0 Å². The number of nitrogens with one attached hydrogen (secondary N) is 1. The van der Waals surface area contributed by atoms with Crippen molar-refractivity contribution in [1.82, 2.24) is 25.2 Å². The molecule has 2 aromatic heterocycles. The van der Waals surface area contributed by atoms with Gasteiger partial charge in [-0.3, -0.25) is 14.3 Å². The molecule has 0 saturated heterocycles. The van der Waals surface area contributed by atoms with Crippen LogP contribution < -0.4 is 10.2 Å². The summed E-state index contributed by atoms with van der Waals surface area (Å²) in [5.74, 6) is 1.97. The molecule has 1 N–H and O–H groups in total. The minimum atomic E-state index is -0.258. The maximum Gasteiger partial charge on any atom is 0.250 e. The standard InChI is InChI=1S/C29H24N6O2S/c1-21-10-12-24(13-11-21)35-28(23-14-16-30-17-15-23)33-34-29(35)38-20-27(36)32-31-19-22-6-5-9-26(18-22)37-25-7-3-2-4-8-25/h2-19H,20H2,1H3,(H,32,36). The summed E-state index contributed by atoms with van der Waals surface area (Å²) in [5, 5.41) is 13.5. The third-order valence-electron chi connectivity index (χ3n) is 5.44. The minimum Gasteiger partial charge on any atom is -0.457 e. The Hall–Kier alpha value is -4.76. The zero-order valence-electron chi connectivity index (χ0n) is 20.6. The molecule has 9 heteroatoms. The van der Waals surface area contributed by atoms with Crippen molar-refractivity contribution in [2.24, 2.45) is 5.10 Å². The fraction of sp³-hybridized carbons (Fsp3) is 0.0690. The SMILES string of the molecule is Cc1ccc(-n2c(SCC(=O)NN=Cc3cccc(Oc4ccccc4)c3)nnc2-c2ccncc2)cc1. The molecule has 3 aromatic carbocycles. The van der Waals surface area contributed by atoms with E-state index in [1.165, 1.54) is 11.8 Å². The van der Waals surface area contributed by atoms with Crippen LogP contribution in [-0.4, -0.2) is 37.6 Å². The molecule has 188 valence electrons. The summed E-state index contributed by atoms with van der Waals surface area (Å²) in [6, 6.07) is 28.8. The third kappa shape index (κ3) is 6.32. The maximum atomic E-state index is 12.5. The summed E-state index contributed by atoms with van der Waals surface area (Å²) < 4.78 is 7.79. The Kier molecular flexibility index (Phi) is 7.86. The van der Waals surface area contributed by atoms with Crippen molar-refractivity contribution < 1.29 is 9.53 Å². The summed E-state index contributed by atoms with van der Waals surface area (Å²) in [7, 11) is 0. The quantitative estimate of drug-likeness (QED) is 0.153. The van der Waals surface area contributed by atoms with Crippen LogP contribution >= 0.6 is 11.8 Å². The predicted molar refractivity (Wildman–Crippen MR) is 149 cm³/mol. The van der Waals surface area contributed by atoms with Gasteiger partial charge in [-0.05, 0) is 61.0 Å². The van der Waals surface area contributed by atoms with Crippen molar-refractivity contribution in [3.8, 4) is 28.6 Å². The van der Waals surface area contributed by atoms with Crippen LogP contribution in [0.4, 0.5) is 0 Å². The Balaban J connectivity index is 1.24. The summed E-state index contributed by atoms with van der Waals surface area (Å²) >= 11 is 1.29. The second kappa shape index (κ2) is 12.0. The zero-order chi connectivity index (χ0) is 26.2. The number of benzene rings is 3. The molecule has 0 aliphatic rings. The van der Waals surface area contributed by atoms with Crippen LogP contribution in [-0.2, 0) is 4.79 Å². The molecule has 38 heavy (non-hydrogen) atoms. The lowest BCUT2D eigenvalue weighted by Crippen LogP contribution is -2.20. The fourth-order valence-corrected chi connectivity index (χ4v) is 4.35. The second-order valence-corrected chi connectivity index (χ2v) is 9.22. The Morgan fingerprint density at radius 1 is 0.947 bits per heavy atom. The van der Waals surface area contributed by atoms with Crippen molar-refractivity contribution in [2.75, 3.05) is 5.75 Å². The number of pyridine rings is 1. The van der Waals surface area contributed by atoms with Gasteiger partial charge in [-0.25, -0.2) is 5.43 Å². The first-order valence-electron chi connectivity index (χ1n) is 11.9. The number of hydrogen-bond acceptors (Lipinski definition) is 7. The predicted octanol–water partition coefficient (Wildman–Crippen LogP) is 5.67. The first kappa shape index (κ1) is 24.9. The normalized spacial score (nSPS) is 11.0. The van der Waals surface area contributed by atoms with Gasteiger partial charge in [-0.2, -0.15) is 5.10 Å². The van der Waals surface area contributed by atoms with E-state index in [1.807, 2.05) is 102 Å². The van der Waals surface area contributed by atoms with Crippen molar-refractivity contribution in [2.45, 2.75) is 12.1 Å². The lowest BCUT2D eigenvalue weighted by molar-refractivity contribution is -0.118. The van der Waals surface area contributed by atoms with E-state index in [4.69, 9.17) is 4.74 Å². The molecule has 0 aliphatic heterocycles. The van der Waals surface area contributed by atoms with E-state index in [2.05, 4.69) is 25.7 Å². The summed E-state index contributed by atoms with van der Waals surface area (Å²) in [6.07, 6.45) is 5.01. The Labute approximate surface area is 224 Å². The molecule has 8 nitrogen and oxygen atoms in total. The van der Waals surface area contributed by atoms with E-state index in [0.29, 0.717) is 16.7 Å². The van der Waals surface area contributed by atoms with Gasteiger partial charge in [-0.15, -0.1) is 10.2 Å². The second-order valence-electron chi connectivity index (χ2n) is 8.28. The van der Waals surface area contributed by atoms with E-state index in [-0.39, 0.29) is 11.7 Å². The molecule has 0 radical (unpaired) electrons.